The van der Waals surface area contributed by atoms with Crippen molar-refractivity contribution in [3.63, 3.8) is 0 Å². The van der Waals surface area contributed by atoms with Gasteiger partial charge in [0.15, 0.2) is 0 Å². The second-order valence-corrected chi connectivity index (χ2v) is 5.86. The van der Waals surface area contributed by atoms with Crippen molar-refractivity contribution in [3.05, 3.63) is 71.8 Å². The summed E-state index contributed by atoms with van der Waals surface area (Å²) in [5.74, 6) is -1.47. The summed E-state index contributed by atoms with van der Waals surface area (Å²) < 4.78 is 0. The van der Waals surface area contributed by atoms with Gasteiger partial charge >= 0.3 is 5.97 Å². The first-order valence-corrected chi connectivity index (χ1v) is 8.13. The molecule has 2 atom stereocenters. The predicted octanol–water partition coefficient (Wildman–Crippen LogP) is 3.33. The van der Waals surface area contributed by atoms with Crippen LogP contribution in [0.1, 0.15) is 30.4 Å². The molecule has 2 rings (SSSR count). The molecule has 0 aliphatic carbocycles. The number of carbonyl (C=O) groups is 2. The van der Waals surface area contributed by atoms with E-state index in [9.17, 15) is 14.7 Å². The lowest BCUT2D eigenvalue weighted by Crippen LogP contribution is -2.45. The van der Waals surface area contributed by atoms with Gasteiger partial charge in [0.25, 0.3) is 0 Å². The number of carbonyl (C=O) groups excluding carboxylic acids is 1. The van der Waals surface area contributed by atoms with Crippen molar-refractivity contribution in [2.45, 2.75) is 31.7 Å². The van der Waals surface area contributed by atoms with Crippen LogP contribution in [0.4, 0.5) is 0 Å². The number of amides is 1. The molecule has 0 aliphatic rings. The second-order valence-electron chi connectivity index (χ2n) is 5.86. The molecule has 1 amide bonds. The van der Waals surface area contributed by atoms with Crippen LogP contribution in [0, 0.1) is 0 Å². The van der Waals surface area contributed by atoms with E-state index < -0.39 is 12.0 Å². The minimum absolute atomic E-state index is 0.160. The van der Waals surface area contributed by atoms with Gasteiger partial charge in [0.2, 0.25) is 5.91 Å². The molecule has 2 aromatic carbocycles. The third-order valence-electron chi connectivity index (χ3n) is 4.28. The molecular weight excluding hydrogens is 302 g/mol. The third kappa shape index (κ3) is 4.22. The Bertz CT molecular complexity index is 670. The van der Waals surface area contributed by atoms with Crippen molar-refractivity contribution >= 4 is 11.9 Å². The second kappa shape index (κ2) is 8.29. The highest BCUT2D eigenvalue weighted by molar-refractivity contribution is 5.88. The van der Waals surface area contributed by atoms with Gasteiger partial charge in [-0.25, -0.2) is 4.79 Å². The smallest absolute Gasteiger partial charge is 0.326 e. The number of hydrogen-bond acceptors (Lipinski definition) is 2. The summed E-state index contributed by atoms with van der Waals surface area (Å²) in [4.78, 5) is 25.9. The van der Waals surface area contributed by atoms with Gasteiger partial charge in [0.1, 0.15) is 6.04 Å². The van der Waals surface area contributed by atoms with Crippen molar-refractivity contribution in [2.24, 2.45) is 0 Å². The highest BCUT2D eigenvalue weighted by atomic mass is 16.4. The molecule has 0 spiro atoms. The fourth-order valence-electron chi connectivity index (χ4n) is 2.86. The number of likely N-dealkylation sites (N-methyl/N-ethyl adjacent to an activating group) is 1. The lowest BCUT2D eigenvalue weighted by atomic mass is 9.94. The van der Waals surface area contributed by atoms with E-state index in [1.807, 2.05) is 67.6 Å². The Morgan fingerprint density at radius 3 is 2.04 bits per heavy atom. The van der Waals surface area contributed by atoms with E-state index in [0.29, 0.717) is 12.8 Å². The minimum Gasteiger partial charge on any atom is -0.480 e. The molecule has 0 heterocycles. The van der Waals surface area contributed by atoms with Gasteiger partial charge in [-0.2, -0.15) is 0 Å². The first-order chi connectivity index (χ1) is 11.5. The van der Waals surface area contributed by atoms with Crippen LogP contribution in [0.15, 0.2) is 60.7 Å². The summed E-state index contributed by atoms with van der Waals surface area (Å²) in [7, 11) is 1.58. The molecule has 24 heavy (non-hydrogen) atoms. The van der Waals surface area contributed by atoms with Crippen LogP contribution in [0.25, 0.3) is 0 Å². The fraction of sp³-hybridized carbons (Fsp3) is 0.300. The molecule has 126 valence electrons. The van der Waals surface area contributed by atoms with Crippen molar-refractivity contribution < 1.29 is 14.7 Å². The first-order valence-electron chi connectivity index (χ1n) is 8.13. The topological polar surface area (TPSA) is 57.6 Å². The molecule has 4 heteroatoms. The summed E-state index contributed by atoms with van der Waals surface area (Å²) in [5.41, 5.74) is 1.82. The summed E-state index contributed by atoms with van der Waals surface area (Å²) in [5, 5.41) is 9.59. The SMILES string of the molecule is CCC(C(=O)N(C)C(Cc1ccccc1)C(=O)O)c1ccccc1. The highest BCUT2D eigenvalue weighted by Crippen LogP contribution is 2.23. The number of nitrogens with zero attached hydrogens (tertiary/aromatic N) is 1. The molecule has 0 fully saturated rings. The Balaban J connectivity index is 2.20. The van der Waals surface area contributed by atoms with Crippen molar-refractivity contribution in [1.82, 2.24) is 4.90 Å². The van der Waals surface area contributed by atoms with E-state index in [1.54, 1.807) is 7.05 Å². The number of hydrogen-bond donors (Lipinski definition) is 1. The number of carboxylic acids is 1. The molecule has 1 N–H and O–H groups in total. The first kappa shape index (κ1) is 17.7. The maximum atomic E-state index is 12.9. The molecule has 0 saturated carbocycles. The number of carboxylic acid groups (broad SMARTS) is 1. The van der Waals surface area contributed by atoms with Crippen LogP contribution < -0.4 is 0 Å². The molecule has 0 radical (unpaired) electrons. The molecule has 2 unspecified atom stereocenters. The van der Waals surface area contributed by atoms with Gasteiger partial charge in [-0.05, 0) is 17.5 Å². The zero-order chi connectivity index (χ0) is 17.5. The van der Waals surface area contributed by atoms with Gasteiger partial charge in [-0.1, -0.05) is 67.6 Å². The van der Waals surface area contributed by atoms with E-state index in [-0.39, 0.29) is 11.8 Å². The maximum absolute atomic E-state index is 12.9. The monoisotopic (exact) mass is 325 g/mol. The average Bonchev–Trinajstić information content (AvgIpc) is 2.61. The third-order valence-corrected chi connectivity index (χ3v) is 4.28. The Kier molecular flexibility index (Phi) is 6.13. The summed E-state index contributed by atoms with van der Waals surface area (Å²) in [6.45, 7) is 1.94. The zero-order valence-corrected chi connectivity index (χ0v) is 14.1. The predicted molar refractivity (Wildman–Crippen MR) is 93.8 cm³/mol. The Morgan fingerprint density at radius 1 is 1.00 bits per heavy atom. The van der Waals surface area contributed by atoms with E-state index in [2.05, 4.69) is 0 Å². The van der Waals surface area contributed by atoms with Crippen LogP contribution in [0.5, 0.6) is 0 Å². The number of rotatable bonds is 7. The van der Waals surface area contributed by atoms with E-state index in [1.165, 1.54) is 4.90 Å². The lowest BCUT2D eigenvalue weighted by Gasteiger charge is -2.29. The molecule has 0 aromatic heterocycles. The van der Waals surface area contributed by atoms with E-state index in [4.69, 9.17) is 0 Å². The van der Waals surface area contributed by atoms with Crippen molar-refractivity contribution in [1.29, 1.82) is 0 Å². The lowest BCUT2D eigenvalue weighted by molar-refractivity contribution is -0.149. The highest BCUT2D eigenvalue weighted by Gasteiger charge is 2.31. The normalized spacial score (nSPS) is 13.1. The van der Waals surface area contributed by atoms with Crippen LogP contribution in [-0.4, -0.2) is 35.0 Å². The zero-order valence-electron chi connectivity index (χ0n) is 14.1. The van der Waals surface area contributed by atoms with Crippen molar-refractivity contribution in [3.8, 4) is 0 Å². The molecule has 2 aromatic rings. The Morgan fingerprint density at radius 2 is 1.54 bits per heavy atom. The number of benzene rings is 2. The van der Waals surface area contributed by atoms with E-state index >= 15 is 0 Å². The van der Waals surface area contributed by atoms with Gasteiger partial charge in [-0.3, -0.25) is 4.79 Å². The molecule has 0 aliphatic heterocycles. The van der Waals surface area contributed by atoms with Gasteiger partial charge in [0, 0.05) is 13.5 Å². The number of aliphatic carboxylic acids is 1. The van der Waals surface area contributed by atoms with Gasteiger partial charge < -0.3 is 10.0 Å². The molecule has 0 saturated heterocycles. The maximum Gasteiger partial charge on any atom is 0.326 e. The van der Waals surface area contributed by atoms with Gasteiger partial charge in [0.05, 0.1) is 5.92 Å². The summed E-state index contributed by atoms with van der Waals surface area (Å²) in [6, 6.07) is 18.0. The minimum atomic E-state index is -0.988. The Labute approximate surface area is 142 Å². The molecular formula is C20H23NO3. The Hall–Kier alpha value is -2.62. The van der Waals surface area contributed by atoms with E-state index in [0.717, 1.165) is 11.1 Å². The van der Waals surface area contributed by atoms with Crippen molar-refractivity contribution in [2.75, 3.05) is 7.05 Å². The van der Waals surface area contributed by atoms with Gasteiger partial charge in [-0.15, -0.1) is 0 Å². The van der Waals surface area contributed by atoms with Crippen LogP contribution in [-0.2, 0) is 16.0 Å². The van der Waals surface area contributed by atoms with Crippen LogP contribution >= 0.6 is 0 Å². The quantitative estimate of drug-likeness (QED) is 0.849. The molecule has 0 bridgehead atoms. The summed E-state index contributed by atoms with van der Waals surface area (Å²) in [6.07, 6.45) is 0.925. The standard InChI is InChI=1S/C20H23NO3/c1-3-17(16-12-8-5-9-13-16)19(22)21(2)18(20(23)24)14-15-10-6-4-7-11-15/h4-13,17-18H,3,14H2,1-2H3,(H,23,24). The summed E-state index contributed by atoms with van der Waals surface area (Å²) >= 11 is 0. The molecule has 4 nitrogen and oxygen atoms in total. The largest absolute Gasteiger partial charge is 0.480 e. The van der Waals surface area contributed by atoms with Crippen LogP contribution in [0.3, 0.4) is 0 Å². The average molecular weight is 325 g/mol. The fourth-order valence-corrected chi connectivity index (χ4v) is 2.86. The van der Waals surface area contributed by atoms with Crippen LogP contribution in [0.2, 0.25) is 0 Å².